The number of nitrogens with one attached hydrogen (secondary N) is 1. The molecular formula is C15H12ClN3O. The highest BCUT2D eigenvalue weighted by atomic mass is 35.5. The van der Waals surface area contributed by atoms with Gasteiger partial charge in [0.2, 0.25) is 0 Å². The molecule has 0 saturated carbocycles. The molecule has 4 nitrogen and oxygen atoms in total. The first-order chi connectivity index (χ1) is 9.65. The van der Waals surface area contributed by atoms with Gasteiger partial charge in [-0.3, -0.25) is 0 Å². The van der Waals surface area contributed by atoms with Crippen molar-refractivity contribution in [2.75, 3.05) is 5.32 Å². The number of benzene rings is 2. The average molecular weight is 286 g/mol. The first-order valence-electron chi connectivity index (χ1n) is 6.15. The van der Waals surface area contributed by atoms with Crippen LogP contribution >= 0.6 is 11.6 Å². The number of nitrogens with zero attached hydrogens (tertiary/aromatic N) is 2. The number of fused-ring (bicyclic) bond motifs is 1. The van der Waals surface area contributed by atoms with Crippen molar-refractivity contribution in [1.82, 2.24) is 9.78 Å². The molecule has 3 rings (SSSR count). The minimum absolute atomic E-state index is 0.336. The van der Waals surface area contributed by atoms with Crippen LogP contribution in [0.15, 0.2) is 48.7 Å². The highest BCUT2D eigenvalue weighted by Crippen LogP contribution is 2.21. The van der Waals surface area contributed by atoms with Gasteiger partial charge in [0.15, 0.2) is 0 Å². The van der Waals surface area contributed by atoms with Crippen LogP contribution in [-0.2, 0) is 0 Å². The molecule has 20 heavy (non-hydrogen) atoms. The first kappa shape index (κ1) is 12.7. The quantitative estimate of drug-likeness (QED) is 0.732. The maximum atomic E-state index is 12.3. The number of halogens is 1. The molecule has 0 radical (unpaired) electrons. The lowest BCUT2D eigenvalue weighted by molar-refractivity contribution is 0.252. The molecule has 0 bridgehead atoms. The molecule has 1 N–H and O–H groups in total. The van der Waals surface area contributed by atoms with Gasteiger partial charge in [0.05, 0.1) is 22.4 Å². The van der Waals surface area contributed by atoms with Crippen LogP contribution in [0.2, 0.25) is 5.02 Å². The Morgan fingerprint density at radius 2 is 2.05 bits per heavy atom. The summed E-state index contributed by atoms with van der Waals surface area (Å²) in [6.07, 6.45) is 1.68. The van der Waals surface area contributed by atoms with Gasteiger partial charge < -0.3 is 5.32 Å². The largest absolute Gasteiger partial charge is 0.347 e. The van der Waals surface area contributed by atoms with Gasteiger partial charge in [-0.25, -0.2) is 4.79 Å². The first-order valence-corrected chi connectivity index (χ1v) is 6.53. The Balaban J connectivity index is 1.95. The number of hydrogen-bond acceptors (Lipinski definition) is 2. The summed E-state index contributed by atoms with van der Waals surface area (Å²) in [6.45, 7) is 2.00. The van der Waals surface area contributed by atoms with Crippen molar-refractivity contribution in [3.05, 3.63) is 59.2 Å². The van der Waals surface area contributed by atoms with Gasteiger partial charge in [-0.1, -0.05) is 35.4 Å². The van der Waals surface area contributed by atoms with Gasteiger partial charge in [-0.05, 0) is 31.2 Å². The Morgan fingerprint density at radius 1 is 1.25 bits per heavy atom. The van der Waals surface area contributed by atoms with Crippen LogP contribution in [0.5, 0.6) is 0 Å². The van der Waals surface area contributed by atoms with Gasteiger partial charge in [0.1, 0.15) is 0 Å². The number of rotatable bonds is 1. The normalized spacial score (nSPS) is 10.7. The van der Waals surface area contributed by atoms with Gasteiger partial charge in [0.25, 0.3) is 0 Å². The second-order valence-corrected chi connectivity index (χ2v) is 4.94. The number of para-hydroxylation sites is 1. The zero-order chi connectivity index (χ0) is 14.1. The number of carbonyl (C=O) groups is 1. The molecule has 0 unspecified atom stereocenters. The zero-order valence-electron chi connectivity index (χ0n) is 10.8. The minimum Gasteiger partial charge on any atom is -0.305 e. The van der Waals surface area contributed by atoms with Crippen molar-refractivity contribution < 1.29 is 4.79 Å². The van der Waals surface area contributed by atoms with Crippen molar-refractivity contribution in [3.8, 4) is 0 Å². The average Bonchev–Trinajstić information content (AvgIpc) is 2.84. The molecule has 1 amide bonds. The topological polar surface area (TPSA) is 46.9 Å². The van der Waals surface area contributed by atoms with Gasteiger partial charge >= 0.3 is 6.03 Å². The molecule has 0 atom stereocenters. The van der Waals surface area contributed by atoms with Crippen molar-refractivity contribution >= 4 is 34.2 Å². The molecule has 0 saturated heterocycles. The fraction of sp³-hybridized carbons (Fsp3) is 0.0667. The van der Waals surface area contributed by atoms with Crippen LogP contribution in [0.1, 0.15) is 5.56 Å². The number of aromatic nitrogens is 2. The summed E-state index contributed by atoms with van der Waals surface area (Å²) in [5.74, 6) is 0. The van der Waals surface area contributed by atoms with Crippen LogP contribution in [-0.4, -0.2) is 15.8 Å². The Labute approximate surface area is 121 Å². The lowest BCUT2D eigenvalue weighted by Crippen LogP contribution is -2.20. The van der Waals surface area contributed by atoms with Gasteiger partial charge in [-0.15, -0.1) is 0 Å². The summed E-state index contributed by atoms with van der Waals surface area (Å²) in [4.78, 5) is 12.3. The van der Waals surface area contributed by atoms with E-state index in [0.29, 0.717) is 10.7 Å². The highest BCUT2D eigenvalue weighted by Gasteiger charge is 2.11. The van der Waals surface area contributed by atoms with Crippen molar-refractivity contribution in [1.29, 1.82) is 0 Å². The van der Waals surface area contributed by atoms with E-state index >= 15 is 0 Å². The van der Waals surface area contributed by atoms with E-state index in [0.717, 1.165) is 16.5 Å². The summed E-state index contributed by atoms with van der Waals surface area (Å²) >= 11 is 6.02. The van der Waals surface area contributed by atoms with Crippen LogP contribution in [0.3, 0.4) is 0 Å². The zero-order valence-corrected chi connectivity index (χ0v) is 11.6. The smallest absolute Gasteiger partial charge is 0.305 e. The van der Waals surface area contributed by atoms with Crippen molar-refractivity contribution in [2.45, 2.75) is 6.92 Å². The van der Waals surface area contributed by atoms with E-state index in [-0.39, 0.29) is 6.03 Å². The lowest BCUT2D eigenvalue weighted by atomic mass is 10.2. The monoisotopic (exact) mass is 285 g/mol. The molecule has 2 aromatic carbocycles. The SMILES string of the molecule is Cc1ccc2c(cnn2C(=O)Nc2ccccc2Cl)c1. The van der Waals surface area contributed by atoms with Crippen LogP contribution in [0.4, 0.5) is 10.5 Å². The van der Waals surface area contributed by atoms with E-state index in [9.17, 15) is 4.79 Å². The number of hydrogen-bond donors (Lipinski definition) is 1. The molecule has 0 aliphatic carbocycles. The molecule has 0 spiro atoms. The Hall–Kier alpha value is -2.33. The molecule has 100 valence electrons. The number of aryl methyl sites for hydroxylation is 1. The molecule has 0 fully saturated rings. The third-order valence-corrected chi connectivity index (χ3v) is 3.36. The van der Waals surface area contributed by atoms with Crippen LogP contribution < -0.4 is 5.32 Å². The molecule has 5 heteroatoms. The highest BCUT2D eigenvalue weighted by molar-refractivity contribution is 6.33. The molecule has 3 aromatic rings. The molecule has 0 aliphatic heterocycles. The van der Waals surface area contributed by atoms with Crippen LogP contribution in [0.25, 0.3) is 10.9 Å². The predicted molar refractivity (Wildman–Crippen MR) is 80.3 cm³/mol. The van der Waals surface area contributed by atoms with E-state index in [4.69, 9.17) is 11.6 Å². The molecule has 1 aromatic heterocycles. The van der Waals surface area contributed by atoms with Gasteiger partial charge in [-0.2, -0.15) is 9.78 Å². The summed E-state index contributed by atoms with van der Waals surface area (Å²) in [7, 11) is 0. The lowest BCUT2D eigenvalue weighted by Gasteiger charge is -2.07. The molecular weight excluding hydrogens is 274 g/mol. The van der Waals surface area contributed by atoms with Crippen molar-refractivity contribution in [3.63, 3.8) is 0 Å². The van der Waals surface area contributed by atoms with E-state index in [2.05, 4.69) is 10.4 Å². The second kappa shape index (κ2) is 4.98. The summed E-state index contributed by atoms with van der Waals surface area (Å²) in [5, 5.41) is 8.30. The maximum Gasteiger partial charge on any atom is 0.347 e. The Morgan fingerprint density at radius 3 is 2.85 bits per heavy atom. The fourth-order valence-corrected chi connectivity index (χ4v) is 2.23. The van der Waals surface area contributed by atoms with Crippen LogP contribution in [0, 0.1) is 6.92 Å². The van der Waals surface area contributed by atoms with E-state index in [1.807, 2.05) is 37.3 Å². The minimum atomic E-state index is -0.336. The fourth-order valence-electron chi connectivity index (χ4n) is 2.04. The summed E-state index contributed by atoms with van der Waals surface area (Å²) in [5.41, 5.74) is 2.46. The number of anilines is 1. The third-order valence-electron chi connectivity index (χ3n) is 3.03. The third kappa shape index (κ3) is 2.26. The maximum absolute atomic E-state index is 12.3. The predicted octanol–water partition coefficient (Wildman–Crippen LogP) is 4.08. The summed E-state index contributed by atoms with van der Waals surface area (Å²) < 4.78 is 1.33. The number of carbonyl (C=O) groups excluding carboxylic acids is 1. The van der Waals surface area contributed by atoms with E-state index in [1.165, 1.54) is 4.68 Å². The Bertz CT molecular complexity index is 795. The Kier molecular flexibility index (Phi) is 3.16. The van der Waals surface area contributed by atoms with E-state index < -0.39 is 0 Å². The number of amides is 1. The summed E-state index contributed by atoms with van der Waals surface area (Å²) in [6, 6.07) is 12.6. The molecule has 0 aliphatic rings. The van der Waals surface area contributed by atoms with Crippen molar-refractivity contribution in [2.24, 2.45) is 0 Å². The molecule has 1 heterocycles. The van der Waals surface area contributed by atoms with E-state index in [1.54, 1.807) is 18.3 Å². The van der Waals surface area contributed by atoms with Gasteiger partial charge in [0, 0.05) is 5.39 Å². The standard InChI is InChI=1S/C15H12ClN3O/c1-10-6-7-14-11(8-10)9-17-19(14)15(20)18-13-5-3-2-4-12(13)16/h2-9H,1H3,(H,18,20). The second-order valence-electron chi connectivity index (χ2n) is 4.53.